The molecule has 1 aliphatic rings. The van der Waals surface area contributed by atoms with Crippen LogP contribution in [0.3, 0.4) is 0 Å². The Morgan fingerprint density at radius 2 is 2.00 bits per heavy atom. The summed E-state index contributed by atoms with van der Waals surface area (Å²) >= 11 is 0. The van der Waals surface area contributed by atoms with Crippen LogP contribution in [0.2, 0.25) is 0 Å². The van der Waals surface area contributed by atoms with Crippen LogP contribution >= 0.6 is 0 Å². The second kappa shape index (κ2) is 8.13. The van der Waals surface area contributed by atoms with Crippen molar-refractivity contribution >= 4 is 5.91 Å². The maximum atomic E-state index is 12.8. The van der Waals surface area contributed by atoms with Crippen LogP contribution in [0, 0.1) is 17.7 Å². The molecule has 0 radical (unpaired) electrons. The van der Waals surface area contributed by atoms with Crippen molar-refractivity contribution in [2.45, 2.75) is 32.6 Å². The Morgan fingerprint density at radius 3 is 2.67 bits per heavy atom. The molecule has 1 saturated heterocycles. The zero-order valence-corrected chi connectivity index (χ0v) is 12.7. The number of hydrogen-bond donors (Lipinski definition) is 2. The molecule has 4 heteroatoms. The summed E-state index contributed by atoms with van der Waals surface area (Å²) < 4.78 is 12.8. The molecule has 2 rings (SSSR count). The van der Waals surface area contributed by atoms with E-state index in [1.54, 1.807) is 12.1 Å². The normalized spacial score (nSPS) is 17.4. The molecule has 1 aliphatic heterocycles. The van der Waals surface area contributed by atoms with Crippen molar-refractivity contribution in [1.29, 1.82) is 0 Å². The van der Waals surface area contributed by atoms with E-state index >= 15 is 0 Å². The largest absolute Gasteiger partial charge is 0.356 e. The standard InChI is InChI=1S/C17H25FN2O/c1-13(15-7-9-19-10-8-15)12-17(21)20-11-6-14-2-4-16(18)5-3-14/h2-5,13,15,19H,6-12H2,1H3,(H,20,21). The molecule has 1 fully saturated rings. The van der Waals surface area contributed by atoms with Gasteiger partial charge in [-0.2, -0.15) is 0 Å². The van der Waals surface area contributed by atoms with E-state index in [9.17, 15) is 9.18 Å². The first kappa shape index (κ1) is 16.0. The van der Waals surface area contributed by atoms with Crippen molar-refractivity contribution in [1.82, 2.24) is 10.6 Å². The summed E-state index contributed by atoms with van der Waals surface area (Å²) in [6.45, 7) is 4.93. The first-order valence-electron chi connectivity index (χ1n) is 7.87. The van der Waals surface area contributed by atoms with Gasteiger partial charge in [-0.15, -0.1) is 0 Å². The molecular formula is C17H25FN2O. The lowest BCUT2D eigenvalue weighted by Gasteiger charge is -2.27. The maximum absolute atomic E-state index is 12.8. The summed E-state index contributed by atoms with van der Waals surface area (Å²) in [5.41, 5.74) is 1.04. The van der Waals surface area contributed by atoms with E-state index in [0.29, 0.717) is 24.8 Å². The molecule has 1 aromatic rings. The minimum Gasteiger partial charge on any atom is -0.356 e. The van der Waals surface area contributed by atoms with Crippen molar-refractivity contribution in [3.8, 4) is 0 Å². The van der Waals surface area contributed by atoms with E-state index < -0.39 is 0 Å². The fraction of sp³-hybridized carbons (Fsp3) is 0.588. The Bertz CT molecular complexity index is 441. The monoisotopic (exact) mass is 292 g/mol. The van der Waals surface area contributed by atoms with Crippen molar-refractivity contribution < 1.29 is 9.18 Å². The molecule has 116 valence electrons. The van der Waals surface area contributed by atoms with E-state index in [1.807, 2.05) is 0 Å². The van der Waals surface area contributed by atoms with Gasteiger partial charge in [-0.25, -0.2) is 4.39 Å². The predicted molar refractivity (Wildman–Crippen MR) is 82.5 cm³/mol. The van der Waals surface area contributed by atoms with Crippen molar-refractivity contribution in [2.24, 2.45) is 11.8 Å². The summed E-state index contributed by atoms with van der Waals surface area (Å²) in [6.07, 6.45) is 3.69. The summed E-state index contributed by atoms with van der Waals surface area (Å²) in [7, 11) is 0. The molecule has 2 N–H and O–H groups in total. The third kappa shape index (κ3) is 5.46. The fourth-order valence-corrected chi connectivity index (χ4v) is 2.94. The van der Waals surface area contributed by atoms with E-state index in [4.69, 9.17) is 0 Å². The van der Waals surface area contributed by atoms with Gasteiger partial charge in [0.05, 0.1) is 0 Å². The van der Waals surface area contributed by atoms with Gasteiger partial charge in [0, 0.05) is 13.0 Å². The summed E-state index contributed by atoms with van der Waals surface area (Å²) in [5.74, 6) is 1.01. The molecule has 1 amide bonds. The Kier molecular flexibility index (Phi) is 6.18. The highest BCUT2D eigenvalue weighted by atomic mass is 19.1. The molecule has 0 saturated carbocycles. The van der Waals surface area contributed by atoms with E-state index in [-0.39, 0.29) is 11.7 Å². The SMILES string of the molecule is CC(CC(=O)NCCc1ccc(F)cc1)C1CCNCC1. The van der Waals surface area contributed by atoms with E-state index in [0.717, 1.165) is 25.1 Å². The number of nitrogens with one attached hydrogen (secondary N) is 2. The van der Waals surface area contributed by atoms with Gasteiger partial charge < -0.3 is 10.6 Å². The molecule has 0 bridgehead atoms. The Morgan fingerprint density at radius 1 is 1.33 bits per heavy atom. The molecule has 0 spiro atoms. The van der Waals surface area contributed by atoms with Crippen molar-refractivity contribution in [2.75, 3.05) is 19.6 Å². The first-order valence-corrected chi connectivity index (χ1v) is 7.87. The van der Waals surface area contributed by atoms with Crippen LogP contribution < -0.4 is 10.6 Å². The molecule has 1 aromatic carbocycles. The van der Waals surface area contributed by atoms with E-state index in [2.05, 4.69) is 17.6 Å². The lowest BCUT2D eigenvalue weighted by molar-refractivity contribution is -0.122. The van der Waals surface area contributed by atoms with Gasteiger partial charge in [0.15, 0.2) is 0 Å². The third-order valence-corrected chi connectivity index (χ3v) is 4.35. The van der Waals surface area contributed by atoms with Gasteiger partial charge >= 0.3 is 0 Å². The van der Waals surface area contributed by atoms with Crippen LogP contribution in [0.4, 0.5) is 4.39 Å². The van der Waals surface area contributed by atoms with Gasteiger partial charge in [-0.05, 0) is 61.9 Å². The van der Waals surface area contributed by atoms with Crippen LogP contribution in [-0.4, -0.2) is 25.5 Å². The average Bonchev–Trinajstić information content (AvgIpc) is 2.50. The van der Waals surface area contributed by atoms with Gasteiger partial charge in [0.2, 0.25) is 5.91 Å². The molecular weight excluding hydrogens is 267 g/mol. The minimum absolute atomic E-state index is 0.128. The highest BCUT2D eigenvalue weighted by Gasteiger charge is 2.21. The summed E-state index contributed by atoms with van der Waals surface area (Å²) in [6, 6.07) is 6.44. The molecule has 0 aromatic heterocycles. The average molecular weight is 292 g/mol. The number of carbonyl (C=O) groups excluding carboxylic acids is 1. The second-order valence-corrected chi connectivity index (χ2v) is 6.00. The van der Waals surface area contributed by atoms with Crippen molar-refractivity contribution in [3.63, 3.8) is 0 Å². The topological polar surface area (TPSA) is 41.1 Å². The van der Waals surface area contributed by atoms with Crippen LogP contribution in [-0.2, 0) is 11.2 Å². The summed E-state index contributed by atoms with van der Waals surface area (Å²) in [5, 5.41) is 6.32. The molecule has 0 aliphatic carbocycles. The smallest absolute Gasteiger partial charge is 0.220 e. The number of halogens is 1. The quantitative estimate of drug-likeness (QED) is 0.846. The number of piperidine rings is 1. The highest BCUT2D eigenvalue weighted by molar-refractivity contribution is 5.76. The predicted octanol–water partition coefficient (Wildman–Crippen LogP) is 2.51. The van der Waals surface area contributed by atoms with Gasteiger partial charge in [0.25, 0.3) is 0 Å². The number of hydrogen-bond acceptors (Lipinski definition) is 2. The second-order valence-electron chi connectivity index (χ2n) is 6.00. The number of rotatable bonds is 6. The number of amides is 1. The van der Waals surface area contributed by atoms with Crippen LogP contribution in [0.15, 0.2) is 24.3 Å². The lowest BCUT2D eigenvalue weighted by Crippen LogP contribution is -2.34. The fourth-order valence-electron chi connectivity index (χ4n) is 2.94. The van der Waals surface area contributed by atoms with Gasteiger partial charge in [0.1, 0.15) is 5.82 Å². The van der Waals surface area contributed by atoms with Crippen LogP contribution in [0.1, 0.15) is 31.7 Å². The molecule has 1 atom stereocenters. The summed E-state index contributed by atoms with van der Waals surface area (Å²) in [4.78, 5) is 12.0. The Labute approximate surface area is 126 Å². The Hall–Kier alpha value is -1.42. The molecule has 3 nitrogen and oxygen atoms in total. The lowest BCUT2D eigenvalue weighted by atomic mass is 9.84. The van der Waals surface area contributed by atoms with Crippen molar-refractivity contribution in [3.05, 3.63) is 35.6 Å². The molecule has 1 unspecified atom stereocenters. The number of benzene rings is 1. The van der Waals surface area contributed by atoms with Gasteiger partial charge in [-0.1, -0.05) is 19.1 Å². The van der Waals surface area contributed by atoms with Crippen LogP contribution in [0.5, 0.6) is 0 Å². The molecule has 21 heavy (non-hydrogen) atoms. The van der Waals surface area contributed by atoms with Crippen LogP contribution in [0.25, 0.3) is 0 Å². The highest BCUT2D eigenvalue weighted by Crippen LogP contribution is 2.24. The van der Waals surface area contributed by atoms with Gasteiger partial charge in [-0.3, -0.25) is 4.79 Å². The zero-order valence-electron chi connectivity index (χ0n) is 12.7. The maximum Gasteiger partial charge on any atom is 0.220 e. The first-order chi connectivity index (χ1) is 10.1. The van der Waals surface area contributed by atoms with E-state index in [1.165, 1.54) is 25.0 Å². The number of carbonyl (C=O) groups is 1. The molecule has 1 heterocycles. The Balaban J connectivity index is 1.65. The minimum atomic E-state index is -0.224. The zero-order chi connectivity index (χ0) is 15.1. The third-order valence-electron chi connectivity index (χ3n) is 4.35.